The van der Waals surface area contributed by atoms with E-state index < -0.39 is 64.9 Å². The largest absolute Gasteiger partial charge is 0.481 e. The fourth-order valence-electron chi connectivity index (χ4n) is 3.16. The van der Waals surface area contributed by atoms with Crippen molar-refractivity contribution in [1.29, 1.82) is 0 Å². The smallest absolute Gasteiger partial charge is 0.323 e. The van der Waals surface area contributed by atoms with Gasteiger partial charge in [-0.3, -0.25) is 28.8 Å². The van der Waals surface area contributed by atoms with Crippen LogP contribution < -0.4 is 0 Å². The second-order valence-electron chi connectivity index (χ2n) is 4.85. The molecule has 126 valence electrons. The monoisotopic (exact) mass is 334 g/mol. The molecule has 1 saturated carbocycles. The van der Waals surface area contributed by atoms with Crippen molar-refractivity contribution in [3.63, 3.8) is 0 Å². The van der Waals surface area contributed by atoms with Crippen LogP contribution in [0.1, 0.15) is 6.42 Å². The zero-order valence-electron chi connectivity index (χ0n) is 11.0. The van der Waals surface area contributed by atoms with Crippen molar-refractivity contribution in [2.45, 2.75) is 6.42 Å². The highest BCUT2D eigenvalue weighted by Crippen LogP contribution is 2.60. The van der Waals surface area contributed by atoms with Crippen LogP contribution in [0.5, 0.6) is 0 Å². The molecule has 23 heavy (non-hydrogen) atoms. The molecular weight excluding hydrogens is 324 g/mol. The Morgan fingerprint density at radius 1 is 0.565 bits per heavy atom. The molecule has 1 fully saturated rings. The third-order valence-electron chi connectivity index (χ3n) is 4.08. The lowest BCUT2D eigenvalue weighted by Gasteiger charge is -2.36. The summed E-state index contributed by atoms with van der Waals surface area (Å²) >= 11 is 0. The molecule has 2 atom stereocenters. The molecule has 12 nitrogen and oxygen atoms in total. The average molecular weight is 334 g/mol. The van der Waals surface area contributed by atoms with E-state index in [0.29, 0.717) is 0 Å². The summed E-state index contributed by atoms with van der Waals surface area (Å²) in [6, 6.07) is 0. The van der Waals surface area contributed by atoms with Crippen LogP contribution >= 0.6 is 0 Å². The third-order valence-corrected chi connectivity index (χ3v) is 4.08. The van der Waals surface area contributed by atoms with Gasteiger partial charge in [0.25, 0.3) is 0 Å². The lowest BCUT2D eigenvalue weighted by Crippen LogP contribution is -2.64. The maximum atomic E-state index is 11.5. The Morgan fingerprint density at radius 3 is 0.913 bits per heavy atom. The highest BCUT2D eigenvalue weighted by Gasteiger charge is 2.84. The Labute approximate surface area is 125 Å². The van der Waals surface area contributed by atoms with E-state index in [1.165, 1.54) is 0 Å². The highest BCUT2D eigenvalue weighted by atomic mass is 16.4. The molecule has 2 unspecified atom stereocenters. The van der Waals surface area contributed by atoms with Gasteiger partial charge in [0, 0.05) is 0 Å². The number of carbonyl (C=O) groups is 6. The minimum atomic E-state index is -3.90. The summed E-state index contributed by atoms with van der Waals surface area (Å²) in [6.07, 6.45) is -1.29. The number of carboxylic acids is 6. The molecule has 0 spiro atoms. The minimum absolute atomic E-state index is 1.29. The third kappa shape index (κ3) is 1.84. The number of rotatable bonds is 6. The molecule has 0 saturated heterocycles. The molecule has 0 aromatic rings. The molecule has 0 heterocycles. The van der Waals surface area contributed by atoms with E-state index in [4.69, 9.17) is 10.2 Å². The summed E-state index contributed by atoms with van der Waals surface area (Å²) in [4.78, 5) is 68.5. The molecule has 0 aromatic heterocycles. The molecule has 1 aliphatic carbocycles. The van der Waals surface area contributed by atoms with E-state index in [1.54, 1.807) is 0 Å². The van der Waals surface area contributed by atoms with Gasteiger partial charge in [-0.05, 0) is 6.42 Å². The second-order valence-corrected chi connectivity index (χ2v) is 4.85. The Balaban J connectivity index is 4.08. The fourth-order valence-corrected chi connectivity index (χ4v) is 3.16. The summed E-state index contributed by atoms with van der Waals surface area (Å²) in [5.41, 5.74) is -7.81. The highest BCUT2D eigenvalue weighted by molar-refractivity contribution is 6.18. The first-order chi connectivity index (χ1) is 10.4. The molecule has 0 aromatic carbocycles. The van der Waals surface area contributed by atoms with Crippen LogP contribution in [0, 0.1) is 22.7 Å². The maximum Gasteiger partial charge on any atom is 0.323 e. The van der Waals surface area contributed by atoms with Crippen molar-refractivity contribution in [3.8, 4) is 0 Å². The SMILES string of the molecule is O=C(O)C1CC(C(=O)O)C(C(=O)O)(C(=O)O)C1(C(=O)O)C(=O)O. The van der Waals surface area contributed by atoms with Gasteiger partial charge in [0.1, 0.15) is 0 Å². The summed E-state index contributed by atoms with van der Waals surface area (Å²) in [6.45, 7) is 0. The average Bonchev–Trinajstić information content (AvgIpc) is 2.71. The zero-order chi connectivity index (χ0) is 18.3. The zero-order valence-corrected chi connectivity index (χ0v) is 11.0. The Bertz CT molecular complexity index is 549. The first-order valence-electron chi connectivity index (χ1n) is 5.79. The number of carboxylic acid groups (broad SMARTS) is 6. The molecule has 0 aliphatic heterocycles. The van der Waals surface area contributed by atoms with Crippen molar-refractivity contribution in [1.82, 2.24) is 0 Å². The molecule has 0 amide bonds. The summed E-state index contributed by atoms with van der Waals surface area (Å²) < 4.78 is 0. The van der Waals surface area contributed by atoms with Crippen molar-refractivity contribution < 1.29 is 59.4 Å². The van der Waals surface area contributed by atoms with Crippen molar-refractivity contribution in [2.24, 2.45) is 22.7 Å². The van der Waals surface area contributed by atoms with Gasteiger partial charge in [-0.15, -0.1) is 0 Å². The topological polar surface area (TPSA) is 224 Å². The van der Waals surface area contributed by atoms with Crippen molar-refractivity contribution in [3.05, 3.63) is 0 Å². The summed E-state index contributed by atoms with van der Waals surface area (Å²) in [5, 5.41) is 55.0. The molecule has 6 N–H and O–H groups in total. The lowest BCUT2D eigenvalue weighted by atomic mass is 9.59. The van der Waals surface area contributed by atoms with E-state index in [9.17, 15) is 49.2 Å². The van der Waals surface area contributed by atoms with Gasteiger partial charge < -0.3 is 30.6 Å². The van der Waals surface area contributed by atoms with E-state index in [2.05, 4.69) is 0 Å². The van der Waals surface area contributed by atoms with Gasteiger partial charge in [0.2, 0.25) is 10.8 Å². The van der Waals surface area contributed by atoms with Crippen molar-refractivity contribution >= 4 is 35.8 Å². The molecule has 1 rings (SSSR count). The van der Waals surface area contributed by atoms with Crippen LogP contribution in [0.15, 0.2) is 0 Å². The van der Waals surface area contributed by atoms with Gasteiger partial charge in [-0.2, -0.15) is 0 Å². The van der Waals surface area contributed by atoms with Crippen LogP contribution in [0.25, 0.3) is 0 Å². The Kier molecular flexibility index (Phi) is 4.06. The Morgan fingerprint density at radius 2 is 0.783 bits per heavy atom. The van der Waals surface area contributed by atoms with Crippen LogP contribution in [0.2, 0.25) is 0 Å². The fraction of sp³-hybridized carbons (Fsp3) is 0.455. The predicted octanol–water partition coefficient (Wildman–Crippen LogP) is -1.90. The van der Waals surface area contributed by atoms with E-state index in [0.717, 1.165) is 0 Å². The van der Waals surface area contributed by atoms with E-state index in [-0.39, 0.29) is 0 Å². The lowest BCUT2D eigenvalue weighted by molar-refractivity contribution is -0.201. The number of hydrogen-bond donors (Lipinski definition) is 6. The predicted molar refractivity (Wildman–Crippen MR) is 62.3 cm³/mol. The van der Waals surface area contributed by atoms with Gasteiger partial charge in [-0.25, -0.2) is 0 Å². The quantitative estimate of drug-likeness (QED) is 0.293. The second kappa shape index (κ2) is 5.23. The minimum Gasteiger partial charge on any atom is -0.481 e. The molecule has 0 bridgehead atoms. The summed E-state index contributed by atoms with van der Waals surface area (Å²) in [7, 11) is 0. The standard InChI is InChI=1S/C11H10O12/c12-4(13)2-1-3(5(14)15)11(8(20)21,9(22)23)10(2,6(16)17)7(18)19/h2-3H,1H2,(H,12,13)(H,14,15)(H,16,17)(H,18,19)(H,20,21)(H,22,23). The molecule has 0 radical (unpaired) electrons. The summed E-state index contributed by atoms with van der Waals surface area (Å²) in [5.74, 6) is -19.7. The molecule has 1 aliphatic rings. The normalized spacial score (nSPS) is 24.5. The Hall–Kier alpha value is -3.18. The first kappa shape index (κ1) is 17.9. The first-order valence-corrected chi connectivity index (χ1v) is 5.79. The van der Waals surface area contributed by atoms with E-state index in [1.807, 2.05) is 0 Å². The number of hydrogen-bond acceptors (Lipinski definition) is 6. The van der Waals surface area contributed by atoms with Gasteiger partial charge in [-0.1, -0.05) is 0 Å². The van der Waals surface area contributed by atoms with E-state index >= 15 is 0 Å². The van der Waals surface area contributed by atoms with Crippen molar-refractivity contribution in [2.75, 3.05) is 0 Å². The molecular formula is C11H10O12. The van der Waals surface area contributed by atoms with Crippen LogP contribution in [0.4, 0.5) is 0 Å². The maximum absolute atomic E-state index is 11.5. The van der Waals surface area contributed by atoms with Gasteiger partial charge in [0.15, 0.2) is 0 Å². The van der Waals surface area contributed by atoms with Crippen LogP contribution in [-0.4, -0.2) is 66.5 Å². The van der Waals surface area contributed by atoms with Crippen LogP contribution in [-0.2, 0) is 28.8 Å². The van der Waals surface area contributed by atoms with Crippen LogP contribution in [0.3, 0.4) is 0 Å². The number of aliphatic carboxylic acids is 6. The van der Waals surface area contributed by atoms with Gasteiger partial charge >= 0.3 is 35.8 Å². The molecule has 12 heteroatoms. The van der Waals surface area contributed by atoms with Gasteiger partial charge in [0.05, 0.1) is 11.8 Å².